The second kappa shape index (κ2) is 4.45. The molecule has 2 heteroatoms. The van der Waals surface area contributed by atoms with Crippen molar-refractivity contribution in [2.45, 2.75) is 52.2 Å². The van der Waals surface area contributed by atoms with Crippen LogP contribution in [0, 0.1) is 11.8 Å². The zero-order valence-electron chi connectivity index (χ0n) is 9.88. The average Bonchev–Trinajstić information content (AvgIpc) is 2.01. The number of nitrogens with two attached hydrogens (primary N) is 1. The van der Waals surface area contributed by atoms with Crippen LogP contribution in [0.2, 0.25) is 0 Å². The predicted molar refractivity (Wildman–Crippen MR) is 62.1 cm³/mol. The van der Waals surface area contributed by atoms with Crippen LogP contribution in [0.1, 0.15) is 34.1 Å². The van der Waals surface area contributed by atoms with Gasteiger partial charge < -0.3 is 11.1 Å². The minimum Gasteiger partial charge on any atom is -0.328 e. The molecule has 4 unspecified atom stereocenters. The summed E-state index contributed by atoms with van der Waals surface area (Å²) in [6.45, 7) is 12.7. The van der Waals surface area contributed by atoms with Gasteiger partial charge in [-0.3, -0.25) is 0 Å². The molecule has 1 fully saturated rings. The molecule has 0 bridgehead atoms. The number of rotatable bonds is 4. The van der Waals surface area contributed by atoms with Crippen LogP contribution in [0.25, 0.3) is 0 Å². The third kappa shape index (κ3) is 2.01. The molecule has 82 valence electrons. The van der Waals surface area contributed by atoms with E-state index in [2.05, 4.69) is 39.6 Å². The molecule has 0 aromatic rings. The third-order valence-electron chi connectivity index (χ3n) is 3.56. The van der Waals surface area contributed by atoms with Crippen molar-refractivity contribution in [3.63, 3.8) is 0 Å². The number of hydrogen-bond acceptors (Lipinski definition) is 2. The number of nitrogens with one attached hydrogen (secondary N) is 1. The van der Waals surface area contributed by atoms with Crippen LogP contribution in [0.3, 0.4) is 0 Å². The van der Waals surface area contributed by atoms with Gasteiger partial charge in [-0.05, 0) is 33.1 Å². The molecule has 0 amide bonds. The topological polar surface area (TPSA) is 38.0 Å². The summed E-state index contributed by atoms with van der Waals surface area (Å²) in [7, 11) is 0. The van der Waals surface area contributed by atoms with E-state index in [4.69, 9.17) is 5.73 Å². The summed E-state index contributed by atoms with van der Waals surface area (Å²) in [5.74, 6) is 1.19. The maximum absolute atomic E-state index is 6.00. The summed E-state index contributed by atoms with van der Waals surface area (Å²) in [6, 6.07) is 1.39. The highest BCUT2D eigenvalue weighted by Gasteiger charge is 2.43. The molecule has 1 rings (SSSR count). The first-order valence-electron chi connectivity index (χ1n) is 5.66. The van der Waals surface area contributed by atoms with E-state index in [0.29, 0.717) is 23.9 Å². The maximum atomic E-state index is 6.00. The lowest BCUT2D eigenvalue weighted by atomic mass is 9.70. The van der Waals surface area contributed by atoms with Gasteiger partial charge in [-0.1, -0.05) is 19.1 Å². The lowest BCUT2D eigenvalue weighted by Gasteiger charge is -2.50. The van der Waals surface area contributed by atoms with Crippen molar-refractivity contribution in [1.29, 1.82) is 0 Å². The number of hydrogen-bond donors (Lipinski definition) is 2. The first kappa shape index (κ1) is 11.7. The van der Waals surface area contributed by atoms with Crippen LogP contribution in [-0.2, 0) is 0 Å². The van der Waals surface area contributed by atoms with E-state index in [-0.39, 0.29) is 6.04 Å². The standard InChI is InChI=1S/C12H24N2/c1-6-10(7(2)3)12-11(8(4)13)9(5)14-12/h8-12,14H,2,6,13H2,1,3-5H3/t8-,9?,10?,11?,12?/m0/s1. The Morgan fingerprint density at radius 3 is 2.43 bits per heavy atom. The summed E-state index contributed by atoms with van der Waals surface area (Å²) in [5, 5.41) is 3.57. The largest absolute Gasteiger partial charge is 0.328 e. The normalized spacial score (nSPS) is 35.9. The second-order valence-corrected chi connectivity index (χ2v) is 4.78. The van der Waals surface area contributed by atoms with Gasteiger partial charge in [-0.25, -0.2) is 0 Å². The molecule has 0 aromatic carbocycles. The van der Waals surface area contributed by atoms with Crippen LogP contribution in [-0.4, -0.2) is 18.1 Å². The van der Waals surface area contributed by atoms with Crippen molar-refractivity contribution in [2.75, 3.05) is 0 Å². The molecular weight excluding hydrogens is 172 g/mol. The first-order valence-corrected chi connectivity index (χ1v) is 5.66. The van der Waals surface area contributed by atoms with Gasteiger partial charge >= 0.3 is 0 Å². The molecule has 3 N–H and O–H groups in total. The zero-order chi connectivity index (χ0) is 10.9. The monoisotopic (exact) mass is 196 g/mol. The highest BCUT2D eigenvalue weighted by atomic mass is 15.1. The van der Waals surface area contributed by atoms with Crippen molar-refractivity contribution in [3.05, 3.63) is 12.2 Å². The molecule has 5 atom stereocenters. The van der Waals surface area contributed by atoms with Crippen LogP contribution >= 0.6 is 0 Å². The lowest BCUT2D eigenvalue weighted by Crippen LogP contribution is -2.67. The molecule has 2 nitrogen and oxygen atoms in total. The lowest BCUT2D eigenvalue weighted by molar-refractivity contribution is 0.0935. The van der Waals surface area contributed by atoms with E-state index < -0.39 is 0 Å². The SMILES string of the molecule is C=C(C)C(CC)C1NC(C)C1[C@H](C)N. The summed E-state index contributed by atoms with van der Waals surface area (Å²) < 4.78 is 0. The van der Waals surface area contributed by atoms with Crippen molar-refractivity contribution in [2.24, 2.45) is 17.6 Å². The van der Waals surface area contributed by atoms with Gasteiger partial charge in [-0.2, -0.15) is 0 Å². The molecule has 1 aliphatic heterocycles. The van der Waals surface area contributed by atoms with E-state index in [0.717, 1.165) is 6.42 Å². The molecule has 1 aliphatic rings. The molecule has 0 aromatic heterocycles. The Hall–Kier alpha value is -0.340. The minimum atomic E-state index is 0.282. The summed E-state index contributed by atoms with van der Waals surface area (Å²) >= 11 is 0. The zero-order valence-corrected chi connectivity index (χ0v) is 9.88. The average molecular weight is 196 g/mol. The quantitative estimate of drug-likeness (QED) is 0.674. The molecule has 0 radical (unpaired) electrons. The summed E-state index contributed by atoms with van der Waals surface area (Å²) in [5.41, 5.74) is 7.28. The van der Waals surface area contributed by atoms with Crippen molar-refractivity contribution >= 4 is 0 Å². The summed E-state index contributed by atoms with van der Waals surface area (Å²) in [6.07, 6.45) is 1.16. The highest BCUT2D eigenvalue weighted by Crippen LogP contribution is 2.33. The van der Waals surface area contributed by atoms with Crippen LogP contribution in [0.5, 0.6) is 0 Å². The Kier molecular flexibility index (Phi) is 3.73. The van der Waals surface area contributed by atoms with E-state index in [1.54, 1.807) is 0 Å². The molecule has 1 saturated heterocycles. The van der Waals surface area contributed by atoms with Gasteiger partial charge in [0.25, 0.3) is 0 Å². The van der Waals surface area contributed by atoms with Gasteiger partial charge in [0.1, 0.15) is 0 Å². The van der Waals surface area contributed by atoms with Crippen LogP contribution in [0.15, 0.2) is 12.2 Å². The molecule has 14 heavy (non-hydrogen) atoms. The Balaban J connectivity index is 2.65. The molecule has 0 aliphatic carbocycles. The van der Waals surface area contributed by atoms with Crippen molar-refractivity contribution < 1.29 is 0 Å². The smallest absolute Gasteiger partial charge is 0.0193 e. The fourth-order valence-electron chi connectivity index (χ4n) is 2.79. The van der Waals surface area contributed by atoms with Crippen molar-refractivity contribution in [1.82, 2.24) is 5.32 Å². The van der Waals surface area contributed by atoms with Crippen molar-refractivity contribution in [3.8, 4) is 0 Å². The van der Waals surface area contributed by atoms with Crippen LogP contribution in [0.4, 0.5) is 0 Å². The Bertz CT molecular complexity index is 206. The van der Waals surface area contributed by atoms with Gasteiger partial charge in [0.2, 0.25) is 0 Å². The van der Waals surface area contributed by atoms with Gasteiger partial charge in [0.15, 0.2) is 0 Å². The Morgan fingerprint density at radius 2 is 2.14 bits per heavy atom. The fraction of sp³-hybridized carbons (Fsp3) is 0.833. The molecular formula is C12H24N2. The van der Waals surface area contributed by atoms with Crippen LogP contribution < -0.4 is 11.1 Å². The minimum absolute atomic E-state index is 0.282. The molecule has 0 saturated carbocycles. The predicted octanol–water partition coefficient (Wildman–Crippen LogP) is 1.91. The Labute approximate surface area is 87.9 Å². The second-order valence-electron chi connectivity index (χ2n) is 4.78. The fourth-order valence-corrected chi connectivity index (χ4v) is 2.79. The van der Waals surface area contributed by atoms with E-state index >= 15 is 0 Å². The highest BCUT2D eigenvalue weighted by molar-refractivity contribution is 5.10. The molecule has 1 heterocycles. The molecule has 0 spiro atoms. The first-order chi connectivity index (χ1) is 6.49. The maximum Gasteiger partial charge on any atom is 0.0193 e. The summed E-state index contributed by atoms with van der Waals surface area (Å²) in [4.78, 5) is 0. The van der Waals surface area contributed by atoms with E-state index in [1.807, 2.05) is 0 Å². The van der Waals surface area contributed by atoms with Gasteiger partial charge in [0.05, 0.1) is 0 Å². The van der Waals surface area contributed by atoms with Gasteiger partial charge in [-0.15, -0.1) is 0 Å². The van der Waals surface area contributed by atoms with Gasteiger partial charge in [0, 0.05) is 24.0 Å². The van der Waals surface area contributed by atoms with E-state index in [9.17, 15) is 0 Å². The van der Waals surface area contributed by atoms with E-state index in [1.165, 1.54) is 5.57 Å². The Morgan fingerprint density at radius 1 is 1.57 bits per heavy atom. The third-order valence-corrected chi connectivity index (χ3v) is 3.56.